The van der Waals surface area contributed by atoms with Gasteiger partial charge in [-0.15, -0.1) is 0 Å². The van der Waals surface area contributed by atoms with Crippen LogP contribution in [0.4, 0.5) is 5.69 Å². The number of hydrogen-bond donors (Lipinski definition) is 2. The molecule has 0 unspecified atom stereocenters. The summed E-state index contributed by atoms with van der Waals surface area (Å²) in [4.78, 5) is 27.8. The van der Waals surface area contributed by atoms with Crippen LogP contribution in [0.15, 0.2) is 70.5 Å². The average Bonchev–Trinajstić information content (AvgIpc) is 2.67. The van der Waals surface area contributed by atoms with Gasteiger partial charge in [0.15, 0.2) is 0 Å². The SMILES string of the molecule is CN(CCCNC(=O)C=C1Sc2ccccc2NC1=O)Cc1ccccc1. The van der Waals surface area contributed by atoms with Crippen LogP contribution < -0.4 is 10.6 Å². The standard InChI is InChI=1S/C21H23N3O2S/c1-24(15-16-8-3-2-4-9-16)13-7-12-22-20(25)14-19-21(26)23-17-10-5-6-11-18(17)27-19/h2-6,8-11,14H,7,12-13,15H2,1H3,(H,22,25)(H,23,26). The molecule has 27 heavy (non-hydrogen) atoms. The molecule has 2 aromatic carbocycles. The van der Waals surface area contributed by atoms with Gasteiger partial charge >= 0.3 is 0 Å². The highest BCUT2D eigenvalue weighted by Crippen LogP contribution is 2.37. The molecule has 0 spiro atoms. The Hall–Kier alpha value is -2.57. The molecule has 6 heteroatoms. The highest BCUT2D eigenvalue weighted by Gasteiger charge is 2.21. The first-order chi connectivity index (χ1) is 13.1. The minimum atomic E-state index is -0.239. The van der Waals surface area contributed by atoms with Crippen molar-refractivity contribution in [3.05, 3.63) is 71.1 Å². The van der Waals surface area contributed by atoms with Crippen molar-refractivity contribution in [3.63, 3.8) is 0 Å². The van der Waals surface area contributed by atoms with E-state index in [0.29, 0.717) is 11.4 Å². The molecule has 0 radical (unpaired) electrons. The van der Waals surface area contributed by atoms with Crippen molar-refractivity contribution < 1.29 is 9.59 Å². The second kappa shape index (κ2) is 9.39. The topological polar surface area (TPSA) is 61.4 Å². The van der Waals surface area contributed by atoms with Crippen molar-refractivity contribution in [3.8, 4) is 0 Å². The molecule has 2 amide bonds. The highest BCUT2D eigenvalue weighted by molar-refractivity contribution is 8.04. The molecule has 0 fully saturated rings. The second-order valence-corrected chi connectivity index (χ2v) is 7.51. The zero-order valence-corrected chi connectivity index (χ0v) is 16.1. The summed E-state index contributed by atoms with van der Waals surface area (Å²) in [6, 6.07) is 17.9. The van der Waals surface area contributed by atoms with E-state index in [1.165, 1.54) is 23.4 Å². The summed E-state index contributed by atoms with van der Waals surface area (Å²) in [5.74, 6) is -0.478. The van der Waals surface area contributed by atoms with Crippen LogP contribution in [0.5, 0.6) is 0 Å². The minimum absolute atomic E-state index is 0.238. The third-order valence-electron chi connectivity index (χ3n) is 4.15. The van der Waals surface area contributed by atoms with Gasteiger partial charge in [-0.25, -0.2) is 0 Å². The van der Waals surface area contributed by atoms with Crippen LogP contribution in [0, 0.1) is 0 Å². The predicted octanol–water partition coefficient (Wildman–Crippen LogP) is 3.25. The third kappa shape index (κ3) is 5.70. The van der Waals surface area contributed by atoms with E-state index in [4.69, 9.17) is 0 Å². The molecule has 3 rings (SSSR count). The maximum absolute atomic E-state index is 12.1. The molecule has 0 atom stereocenters. The second-order valence-electron chi connectivity index (χ2n) is 6.43. The van der Waals surface area contributed by atoms with Gasteiger partial charge in [-0.3, -0.25) is 9.59 Å². The maximum Gasteiger partial charge on any atom is 0.262 e. The third-order valence-corrected chi connectivity index (χ3v) is 5.25. The number of anilines is 1. The van der Waals surface area contributed by atoms with Gasteiger partial charge in [0.25, 0.3) is 5.91 Å². The highest BCUT2D eigenvalue weighted by atomic mass is 32.2. The zero-order valence-electron chi connectivity index (χ0n) is 15.3. The van der Waals surface area contributed by atoms with Crippen molar-refractivity contribution in [1.29, 1.82) is 0 Å². The van der Waals surface area contributed by atoms with E-state index < -0.39 is 0 Å². The Morgan fingerprint density at radius 1 is 1.15 bits per heavy atom. The summed E-state index contributed by atoms with van der Waals surface area (Å²) in [5, 5.41) is 5.66. The van der Waals surface area contributed by atoms with Crippen LogP contribution in [0.3, 0.4) is 0 Å². The quantitative estimate of drug-likeness (QED) is 0.571. The Kier molecular flexibility index (Phi) is 6.68. The summed E-state index contributed by atoms with van der Waals surface area (Å²) in [7, 11) is 2.07. The van der Waals surface area contributed by atoms with Gasteiger partial charge in [0, 0.05) is 24.1 Å². The van der Waals surface area contributed by atoms with Crippen LogP contribution >= 0.6 is 11.8 Å². The molecule has 1 aliphatic rings. The first kappa shape index (κ1) is 19.2. The molecule has 2 aromatic rings. The first-order valence-corrected chi connectivity index (χ1v) is 9.74. The summed E-state index contributed by atoms with van der Waals surface area (Å²) in [5.41, 5.74) is 2.06. The Morgan fingerprint density at radius 2 is 1.89 bits per heavy atom. The molecule has 0 saturated carbocycles. The lowest BCUT2D eigenvalue weighted by molar-refractivity contribution is -0.117. The number of fused-ring (bicyclic) bond motifs is 1. The van der Waals surface area contributed by atoms with E-state index in [0.717, 1.165) is 30.1 Å². The van der Waals surface area contributed by atoms with Crippen molar-refractivity contribution in [2.24, 2.45) is 0 Å². The van der Waals surface area contributed by atoms with E-state index in [2.05, 4.69) is 34.7 Å². The number of carbonyl (C=O) groups excluding carboxylic acids is 2. The van der Waals surface area contributed by atoms with E-state index in [1.807, 2.05) is 42.5 Å². The van der Waals surface area contributed by atoms with Crippen molar-refractivity contribution >= 4 is 29.3 Å². The number of nitrogens with zero attached hydrogens (tertiary/aromatic N) is 1. The lowest BCUT2D eigenvalue weighted by Gasteiger charge is -2.18. The number of nitrogens with one attached hydrogen (secondary N) is 2. The van der Waals surface area contributed by atoms with Gasteiger partial charge in [-0.1, -0.05) is 54.2 Å². The number of carbonyl (C=O) groups is 2. The molecule has 0 saturated heterocycles. The fourth-order valence-electron chi connectivity index (χ4n) is 2.81. The maximum atomic E-state index is 12.1. The summed E-state index contributed by atoms with van der Waals surface area (Å²) in [6.07, 6.45) is 2.23. The molecule has 2 N–H and O–H groups in total. The first-order valence-electron chi connectivity index (χ1n) is 8.92. The number of hydrogen-bond acceptors (Lipinski definition) is 4. The van der Waals surface area contributed by atoms with Gasteiger partial charge in [0.05, 0.1) is 10.6 Å². The number of rotatable bonds is 7. The summed E-state index contributed by atoms with van der Waals surface area (Å²) in [6.45, 7) is 2.34. The zero-order chi connectivity index (χ0) is 19.1. The normalized spacial score (nSPS) is 14.7. The number of benzene rings is 2. The number of thioether (sulfide) groups is 1. The molecular weight excluding hydrogens is 358 g/mol. The average molecular weight is 382 g/mol. The number of amides is 2. The van der Waals surface area contributed by atoms with Crippen LogP contribution in [-0.4, -0.2) is 36.9 Å². The van der Waals surface area contributed by atoms with Gasteiger partial charge in [-0.2, -0.15) is 0 Å². The molecule has 1 heterocycles. The molecule has 140 valence electrons. The fraction of sp³-hybridized carbons (Fsp3) is 0.238. The lowest BCUT2D eigenvalue weighted by Crippen LogP contribution is -2.28. The molecule has 0 aliphatic carbocycles. The Morgan fingerprint density at radius 3 is 2.70 bits per heavy atom. The van der Waals surface area contributed by atoms with Crippen LogP contribution in [-0.2, 0) is 16.1 Å². The van der Waals surface area contributed by atoms with Crippen LogP contribution in [0.1, 0.15) is 12.0 Å². The molecular formula is C21H23N3O2S. The Labute approximate surface area is 163 Å². The van der Waals surface area contributed by atoms with Crippen molar-refractivity contribution in [1.82, 2.24) is 10.2 Å². The summed E-state index contributed by atoms with van der Waals surface area (Å²) < 4.78 is 0. The van der Waals surface area contributed by atoms with Crippen LogP contribution in [0.2, 0.25) is 0 Å². The van der Waals surface area contributed by atoms with Gasteiger partial charge in [-0.05, 0) is 37.7 Å². The largest absolute Gasteiger partial charge is 0.352 e. The Bertz CT molecular complexity index is 836. The fourth-order valence-corrected chi connectivity index (χ4v) is 3.73. The molecule has 0 bridgehead atoms. The molecule has 0 aromatic heterocycles. The summed E-state index contributed by atoms with van der Waals surface area (Å²) >= 11 is 1.32. The smallest absolute Gasteiger partial charge is 0.262 e. The monoisotopic (exact) mass is 381 g/mol. The molecule has 5 nitrogen and oxygen atoms in total. The number of para-hydroxylation sites is 1. The lowest BCUT2D eigenvalue weighted by atomic mass is 10.2. The van der Waals surface area contributed by atoms with E-state index in [-0.39, 0.29) is 11.8 Å². The van der Waals surface area contributed by atoms with Crippen molar-refractivity contribution in [2.45, 2.75) is 17.9 Å². The van der Waals surface area contributed by atoms with Gasteiger partial charge < -0.3 is 15.5 Å². The van der Waals surface area contributed by atoms with Crippen molar-refractivity contribution in [2.75, 3.05) is 25.5 Å². The predicted molar refractivity (Wildman–Crippen MR) is 109 cm³/mol. The van der Waals surface area contributed by atoms with E-state index in [1.54, 1.807) is 0 Å². The van der Waals surface area contributed by atoms with E-state index >= 15 is 0 Å². The van der Waals surface area contributed by atoms with Gasteiger partial charge in [0.2, 0.25) is 5.91 Å². The molecule has 1 aliphatic heterocycles. The van der Waals surface area contributed by atoms with Crippen LogP contribution in [0.25, 0.3) is 0 Å². The minimum Gasteiger partial charge on any atom is -0.352 e. The van der Waals surface area contributed by atoms with Gasteiger partial charge in [0.1, 0.15) is 0 Å². The Balaban J connectivity index is 1.42. The van der Waals surface area contributed by atoms with E-state index in [9.17, 15) is 9.59 Å².